The van der Waals surface area contributed by atoms with Crippen LogP contribution in [0.15, 0.2) is 36.4 Å². The van der Waals surface area contributed by atoms with Crippen LogP contribution in [0.3, 0.4) is 0 Å². The van der Waals surface area contributed by atoms with Crippen molar-refractivity contribution in [1.29, 1.82) is 0 Å². The quantitative estimate of drug-likeness (QED) is 0.359. The Hall–Kier alpha value is -4.35. The van der Waals surface area contributed by atoms with Gasteiger partial charge in [0.2, 0.25) is 5.91 Å². The summed E-state index contributed by atoms with van der Waals surface area (Å²) in [5, 5.41) is 32.2. The van der Waals surface area contributed by atoms with E-state index in [1.807, 2.05) is 6.08 Å². The van der Waals surface area contributed by atoms with Gasteiger partial charge in [0, 0.05) is 5.92 Å². The Kier molecular flexibility index (Phi) is 7.28. The molecule has 2 aromatic carbocycles. The van der Waals surface area contributed by atoms with Crippen LogP contribution in [0.2, 0.25) is 0 Å². The third kappa shape index (κ3) is 4.31. The number of nitrogens with two attached hydrogens (primary N) is 1. The first-order valence-electron chi connectivity index (χ1n) is 13.5. The number of methoxy groups -OCH3 is 1. The van der Waals surface area contributed by atoms with Crippen molar-refractivity contribution >= 4 is 35.1 Å². The fourth-order valence-electron chi connectivity index (χ4n) is 6.96. The number of benzene rings is 2. The van der Waals surface area contributed by atoms with Crippen LogP contribution in [-0.2, 0) is 32.0 Å². The average molecular weight is 577 g/mol. The van der Waals surface area contributed by atoms with E-state index in [9.17, 15) is 39.3 Å². The van der Waals surface area contributed by atoms with Crippen molar-refractivity contribution in [2.75, 3.05) is 21.2 Å². The Morgan fingerprint density at radius 1 is 1.10 bits per heavy atom. The molecule has 2 aromatic rings. The summed E-state index contributed by atoms with van der Waals surface area (Å²) >= 11 is 0. The maximum absolute atomic E-state index is 13.9. The normalized spacial score (nSPS) is 28.9. The van der Waals surface area contributed by atoms with Crippen LogP contribution in [-0.4, -0.2) is 82.1 Å². The molecule has 220 valence electrons. The van der Waals surface area contributed by atoms with E-state index in [2.05, 4.69) is 0 Å². The number of phenolic OH excluding ortho intramolecular Hbond substituents is 2. The zero-order valence-electron chi connectivity index (χ0n) is 23.4. The molecule has 2 unspecified atom stereocenters. The number of allylic oxidation sites excluding steroid dienone is 1. The number of carbonyl (C=O) groups is 5. The summed E-state index contributed by atoms with van der Waals surface area (Å²) in [6, 6.07) is 6.82. The monoisotopic (exact) mass is 576 g/mol. The number of aromatic hydroxyl groups is 2. The van der Waals surface area contributed by atoms with E-state index in [1.54, 1.807) is 38.4 Å². The van der Waals surface area contributed by atoms with Gasteiger partial charge in [0.1, 0.15) is 5.75 Å². The first-order valence-corrected chi connectivity index (χ1v) is 13.5. The standard InChI is InChI=1S/C31H32N2O9/c1-33(2)25-18-13-16-12-17-15(6-4-5-14-7-9-19(34)21(11-14)42-3)8-10-20(35)23(17)26(36)22(16)28(38)31(18,41)29(39)24(27(25)37)30(32)40/h4,6-11,16,18,22,24-25,34-35,41H,5,12-13H2,1-3H3,(H2,32,40)/b6-4-/t16-,18-,22?,24?,25-,31-/m1/s1. The number of hydrogen-bond donors (Lipinski definition) is 4. The summed E-state index contributed by atoms with van der Waals surface area (Å²) < 4.78 is 5.15. The lowest BCUT2D eigenvalue weighted by Crippen LogP contribution is -2.74. The number of ketones is 4. The number of amides is 1. The van der Waals surface area contributed by atoms with E-state index in [0.29, 0.717) is 23.3 Å². The fourth-order valence-corrected chi connectivity index (χ4v) is 6.96. The van der Waals surface area contributed by atoms with Gasteiger partial charge in [0.15, 0.2) is 46.2 Å². The maximum atomic E-state index is 13.9. The van der Waals surface area contributed by atoms with Crippen molar-refractivity contribution in [3.05, 3.63) is 58.7 Å². The largest absolute Gasteiger partial charge is 0.507 e. The van der Waals surface area contributed by atoms with Crippen molar-refractivity contribution in [1.82, 2.24) is 4.90 Å². The zero-order chi connectivity index (χ0) is 30.7. The van der Waals surface area contributed by atoms with Crippen molar-refractivity contribution in [2.24, 2.45) is 29.4 Å². The number of rotatable bonds is 6. The fraction of sp³-hybridized carbons (Fsp3) is 0.387. The number of Topliss-reactive ketones (excluding diaryl/α,β-unsaturated/α-hetero) is 4. The molecule has 6 atom stereocenters. The van der Waals surface area contributed by atoms with Gasteiger partial charge in [-0.3, -0.25) is 28.9 Å². The lowest BCUT2D eigenvalue weighted by Gasteiger charge is -2.52. The molecule has 5 N–H and O–H groups in total. The first kappa shape index (κ1) is 29.2. The molecule has 11 nitrogen and oxygen atoms in total. The lowest BCUT2D eigenvalue weighted by molar-refractivity contribution is -0.181. The predicted molar refractivity (Wildman–Crippen MR) is 149 cm³/mol. The number of hydrogen-bond acceptors (Lipinski definition) is 10. The molecule has 2 fully saturated rings. The van der Waals surface area contributed by atoms with E-state index in [4.69, 9.17) is 10.5 Å². The summed E-state index contributed by atoms with van der Waals surface area (Å²) in [5.74, 6) is -10.4. The number of aliphatic hydroxyl groups is 1. The SMILES string of the molecule is COc1cc(C/C=C\c2ccc(O)c3c2C[C@@H]2C[C@@H]4[C@@H](N(C)C)C(=O)C(C(N)=O)C(=O)[C@]4(O)C(=O)C2C3=O)ccc1O. The van der Waals surface area contributed by atoms with Gasteiger partial charge < -0.3 is 25.8 Å². The summed E-state index contributed by atoms with van der Waals surface area (Å²) in [4.78, 5) is 67.8. The highest BCUT2D eigenvalue weighted by Crippen LogP contribution is 2.51. The van der Waals surface area contributed by atoms with Crippen LogP contribution in [0.1, 0.15) is 33.5 Å². The van der Waals surface area contributed by atoms with E-state index < -0.39 is 64.4 Å². The van der Waals surface area contributed by atoms with Gasteiger partial charge in [-0.25, -0.2) is 0 Å². The molecular weight excluding hydrogens is 544 g/mol. The number of nitrogens with zero attached hydrogens (tertiary/aromatic N) is 1. The first-order chi connectivity index (χ1) is 19.8. The molecule has 3 aliphatic rings. The Bertz CT molecular complexity index is 1560. The third-order valence-corrected chi connectivity index (χ3v) is 8.88. The second-order valence-corrected chi connectivity index (χ2v) is 11.4. The number of carbonyl (C=O) groups excluding carboxylic acids is 5. The van der Waals surface area contributed by atoms with Gasteiger partial charge in [-0.15, -0.1) is 0 Å². The van der Waals surface area contributed by atoms with Crippen molar-refractivity contribution in [3.8, 4) is 17.2 Å². The summed E-state index contributed by atoms with van der Waals surface area (Å²) in [6.07, 6.45) is 4.27. The molecule has 5 rings (SSSR count). The molecule has 0 heterocycles. The molecule has 1 amide bonds. The van der Waals surface area contributed by atoms with Gasteiger partial charge in [-0.05, 0) is 74.2 Å². The number of fused-ring (bicyclic) bond motifs is 3. The summed E-state index contributed by atoms with van der Waals surface area (Å²) in [6.45, 7) is 0. The molecule has 11 heteroatoms. The topological polar surface area (TPSA) is 185 Å². The Morgan fingerprint density at radius 2 is 1.79 bits per heavy atom. The Labute approximate surface area is 241 Å². The molecule has 0 aromatic heterocycles. The predicted octanol–water partition coefficient (Wildman–Crippen LogP) is 0.837. The molecule has 3 aliphatic carbocycles. The molecule has 42 heavy (non-hydrogen) atoms. The Morgan fingerprint density at radius 3 is 2.43 bits per heavy atom. The van der Waals surface area contributed by atoms with Crippen molar-refractivity contribution < 1.29 is 44.0 Å². The van der Waals surface area contributed by atoms with Crippen molar-refractivity contribution in [2.45, 2.75) is 30.9 Å². The van der Waals surface area contributed by atoms with Crippen LogP contribution in [0.25, 0.3) is 6.08 Å². The molecule has 0 saturated heterocycles. The molecule has 0 bridgehead atoms. The highest BCUT2D eigenvalue weighted by Gasteiger charge is 2.69. The van der Waals surface area contributed by atoms with Gasteiger partial charge in [-0.2, -0.15) is 0 Å². The zero-order valence-corrected chi connectivity index (χ0v) is 23.4. The van der Waals surface area contributed by atoms with E-state index in [0.717, 1.165) is 5.56 Å². The minimum atomic E-state index is -2.75. The smallest absolute Gasteiger partial charge is 0.235 e. The highest BCUT2D eigenvalue weighted by atomic mass is 16.5. The van der Waals surface area contributed by atoms with E-state index in [1.165, 1.54) is 24.1 Å². The molecule has 0 aliphatic heterocycles. The minimum absolute atomic E-state index is 0.0165. The van der Waals surface area contributed by atoms with Crippen LogP contribution in [0.4, 0.5) is 0 Å². The average Bonchev–Trinajstić information content (AvgIpc) is 2.92. The van der Waals surface area contributed by atoms with Crippen LogP contribution in [0, 0.1) is 23.7 Å². The lowest BCUT2D eigenvalue weighted by atomic mass is 9.52. The van der Waals surface area contributed by atoms with Gasteiger partial charge in [0.25, 0.3) is 0 Å². The molecule has 2 saturated carbocycles. The van der Waals surface area contributed by atoms with Crippen molar-refractivity contribution in [3.63, 3.8) is 0 Å². The highest BCUT2D eigenvalue weighted by molar-refractivity contribution is 6.32. The van der Waals surface area contributed by atoms with Gasteiger partial charge in [-0.1, -0.05) is 24.3 Å². The van der Waals surface area contributed by atoms with Crippen LogP contribution in [0.5, 0.6) is 17.2 Å². The maximum Gasteiger partial charge on any atom is 0.235 e. The number of primary amides is 1. The molecular formula is C31H32N2O9. The number of ether oxygens (including phenoxy) is 1. The number of phenols is 2. The van der Waals surface area contributed by atoms with E-state index >= 15 is 0 Å². The van der Waals surface area contributed by atoms with Crippen LogP contribution < -0.4 is 10.5 Å². The molecule has 0 radical (unpaired) electrons. The number of likely N-dealkylation sites (N-methyl/N-ethyl adjacent to an activating group) is 1. The molecule has 0 spiro atoms. The third-order valence-electron chi connectivity index (χ3n) is 8.88. The minimum Gasteiger partial charge on any atom is -0.507 e. The van der Waals surface area contributed by atoms with Crippen LogP contribution >= 0.6 is 0 Å². The second kappa shape index (κ2) is 10.5. The van der Waals surface area contributed by atoms with E-state index in [-0.39, 0.29) is 29.9 Å². The summed E-state index contributed by atoms with van der Waals surface area (Å²) in [7, 11) is 4.53. The Balaban J connectivity index is 1.52. The van der Waals surface area contributed by atoms with Gasteiger partial charge in [0.05, 0.1) is 24.6 Å². The van der Waals surface area contributed by atoms with Gasteiger partial charge >= 0.3 is 0 Å². The summed E-state index contributed by atoms with van der Waals surface area (Å²) in [5.41, 5.74) is 4.55. The second-order valence-electron chi connectivity index (χ2n) is 11.4.